The van der Waals surface area contributed by atoms with Gasteiger partial charge in [-0.1, -0.05) is 24.6 Å². The molecule has 2 aromatic heterocycles. The van der Waals surface area contributed by atoms with E-state index >= 15 is 0 Å². The van der Waals surface area contributed by atoms with Crippen molar-refractivity contribution in [3.63, 3.8) is 0 Å². The lowest BCUT2D eigenvalue weighted by atomic mass is 10.2. The highest BCUT2D eigenvalue weighted by atomic mass is 35.5. The predicted octanol–water partition coefficient (Wildman–Crippen LogP) is 3.78. The van der Waals surface area contributed by atoms with Gasteiger partial charge in [-0.2, -0.15) is 5.10 Å². The van der Waals surface area contributed by atoms with Crippen molar-refractivity contribution in [1.82, 2.24) is 14.3 Å². The van der Waals surface area contributed by atoms with Gasteiger partial charge < -0.3 is 4.57 Å². The summed E-state index contributed by atoms with van der Waals surface area (Å²) in [4.78, 5) is 0. The second-order valence-electron chi connectivity index (χ2n) is 4.80. The Morgan fingerprint density at radius 2 is 2.10 bits per heavy atom. The van der Waals surface area contributed by atoms with E-state index in [0.29, 0.717) is 17.0 Å². The monoisotopic (exact) mass is 291 g/mol. The van der Waals surface area contributed by atoms with E-state index in [9.17, 15) is 4.39 Å². The molecule has 0 radical (unpaired) electrons. The van der Waals surface area contributed by atoms with Gasteiger partial charge in [-0.3, -0.25) is 4.68 Å². The lowest BCUT2D eigenvalue weighted by Gasteiger charge is -2.07. The number of aromatic nitrogens is 3. The second kappa shape index (κ2) is 4.94. The maximum atomic E-state index is 13.7. The third-order valence-electron chi connectivity index (χ3n) is 3.58. The molecule has 0 unspecified atom stereocenters. The lowest BCUT2D eigenvalue weighted by molar-refractivity contribution is 0.639. The fourth-order valence-corrected chi connectivity index (χ4v) is 2.83. The maximum absolute atomic E-state index is 13.7. The van der Waals surface area contributed by atoms with Crippen molar-refractivity contribution in [3.8, 4) is 0 Å². The Hall–Kier alpha value is -1.81. The number of halogens is 2. The first-order valence-corrected chi connectivity index (χ1v) is 6.93. The molecule has 0 N–H and O–H groups in total. The molecule has 20 heavy (non-hydrogen) atoms. The van der Waals surface area contributed by atoms with Crippen LogP contribution >= 0.6 is 11.6 Å². The van der Waals surface area contributed by atoms with Crippen molar-refractivity contribution < 1.29 is 4.39 Å². The van der Waals surface area contributed by atoms with Crippen LogP contribution in [0.5, 0.6) is 0 Å². The van der Waals surface area contributed by atoms with E-state index in [1.165, 1.54) is 6.07 Å². The van der Waals surface area contributed by atoms with Gasteiger partial charge >= 0.3 is 0 Å². The van der Waals surface area contributed by atoms with Crippen LogP contribution in [0.15, 0.2) is 30.5 Å². The second-order valence-corrected chi connectivity index (χ2v) is 5.18. The van der Waals surface area contributed by atoms with Gasteiger partial charge in [0.2, 0.25) is 0 Å². The summed E-state index contributed by atoms with van der Waals surface area (Å²) in [7, 11) is 1.88. The van der Waals surface area contributed by atoms with Crippen molar-refractivity contribution in [2.45, 2.75) is 19.9 Å². The summed E-state index contributed by atoms with van der Waals surface area (Å²) in [6, 6.07) is 6.88. The number of benzene rings is 1. The number of aryl methyl sites for hydroxylation is 2. The highest BCUT2D eigenvalue weighted by Gasteiger charge is 2.14. The molecular weight excluding hydrogens is 277 g/mol. The molecule has 0 saturated heterocycles. The Labute approximate surface area is 121 Å². The third-order valence-corrected chi connectivity index (χ3v) is 4.02. The predicted molar refractivity (Wildman–Crippen MR) is 78.6 cm³/mol. The largest absolute Gasteiger partial charge is 0.341 e. The summed E-state index contributed by atoms with van der Waals surface area (Å²) < 4.78 is 17.5. The molecule has 3 aromatic rings. The van der Waals surface area contributed by atoms with E-state index in [0.717, 1.165) is 23.3 Å². The highest BCUT2D eigenvalue weighted by Crippen LogP contribution is 2.25. The van der Waals surface area contributed by atoms with Crippen LogP contribution in [0.4, 0.5) is 4.39 Å². The zero-order valence-electron chi connectivity index (χ0n) is 11.4. The Morgan fingerprint density at radius 3 is 2.80 bits per heavy atom. The van der Waals surface area contributed by atoms with Crippen molar-refractivity contribution >= 4 is 22.5 Å². The van der Waals surface area contributed by atoms with Crippen LogP contribution in [0.3, 0.4) is 0 Å². The summed E-state index contributed by atoms with van der Waals surface area (Å²) in [6.07, 6.45) is 2.68. The summed E-state index contributed by atoms with van der Waals surface area (Å²) >= 11 is 6.36. The lowest BCUT2D eigenvalue weighted by Crippen LogP contribution is -2.05. The average molecular weight is 292 g/mol. The Morgan fingerprint density at radius 1 is 1.30 bits per heavy atom. The minimum atomic E-state index is -0.202. The SMILES string of the molecule is CCc1nn(C)c(Cn2ccc3c(F)cccc32)c1Cl. The van der Waals surface area contributed by atoms with Crippen molar-refractivity contribution in [2.24, 2.45) is 7.05 Å². The fourth-order valence-electron chi connectivity index (χ4n) is 2.48. The van der Waals surface area contributed by atoms with E-state index < -0.39 is 0 Å². The van der Waals surface area contributed by atoms with Crippen LogP contribution in [0.2, 0.25) is 5.02 Å². The first-order chi connectivity index (χ1) is 9.61. The molecule has 104 valence electrons. The van der Waals surface area contributed by atoms with Crippen LogP contribution in [-0.4, -0.2) is 14.3 Å². The first-order valence-electron chi connectivity index (χ1n) is 6.55. The minimum absolute atomic E-state index is 0.202. The Kier molecular flexibility index (Phi) is 3.26. The molecule has 3 nitrogen and oxygen atoms in total. The van der Waals surface area contributed by atoms with Crippen molar-refractivity contribution in [2.75, 3.05) is 0 Å². The van der Waals surface area contributed by atoms with Crippen LogP contribution in [0, 0.1) is 5.82 Å². The fraction of sp³-hybridized carbons (Fsp3) is 0.267. The van der Waals surface area contributed by atoms with Gasteiger partial charge in [0.1, 0.15) is 5.82 Å². The van der Waals surface area contributed by atoms with E-state index in [1.807, 2.05) is 30.8 Å². The van der Waals surface area contributed by atoms with Gasteiger partial charge in [0.25, 0.3) is 0 Å². The van der Waals surface area contributed by atoms with Crippen molar-refractivity contribution in [3.05, 3.63) is 52.7 Å². The molecule has 0 saturated carbocycles. The Balaban J connectivity index is 2.06. The van der Waals surface area contributed by atoms with Crippen LogP contribution in [0.1, 0.15) is 18.3 Å². The van der Waals surface area contributed by atoms with Gasteiger partial charge in [0, 0.05) is 18.6 Å². The summed E-state index contributed by atoms with van der Waals surface area (Å²) in [5.41, 5.74) is 2.69. The number of fused-ring (bicyclic) bond motifs is 1. The summed E-state index contributed by atoms with van der Waals surface area (Å²) in [5.74, 6) is -0.202. The molecule has 0 amide bonds. The van der Waals surface area contributed by atoms with E-state index in [-0.39, 0.29) is 5.82 Å². The van der Waals surface area contributed by atoms with Crippen LogP contribution in [-0.2, 0) is 20.0 Å². The normalized spacial score (nSPS) is 11.4. The Bertz CT molecular complexity index is 773. The molecule has 1 aromatic carbocycles. The van der Waals surface area contributed by atoms with Crippen LogP contribution in [0.25, 0.3) is 10.9 Å². The molecule has 0 aliphatic heterocycles. The van der Waals surface area contributed by atoms with E-state index in [4.69, 9.17) is 11.6 Å². The maximum Gasteiger partial charge on any atom is 0.132 e. The molecular formula is C15H15ClFN3. The van der Waals surface area contributed by atoms with Crippen LogP contribution < -0.4 is 0 Å². The van der Waals surface area contributed by atoms with Gasteiger partial charge in [0.05, 0.1) is 28.5 Å². The van der Waals surface area contributed by atoms with Crippen molar-refractivity contribution in [1.29, 1.82) is 0 Å². The van der Waals surface area contributed by atoms with Gasteiger partial charge in [-0.05, 0) is 24.6 Å². The third kappa shape index (κ3) is 2.00. The average Bonchev–Trinajstić information content (AvgIpc) is 2.96. The topological polar surface area (TPSA) is 22.8 Å². The molecule has 0 atom stereocenters. The zero-order chi connectivity index (χ0) is 14.3. The number of hydrogen-bond donors (Lipinski definition) is 0. The summed E-state index contributed by atoms with van der Waals surface area (Å²) in [6.45, 7) is 2.60. The molecule has 0 bridgehead atoms. The first kappa shape index (κ1) is 13.2. The molecule has 5 heteroatoms. The highest BCUT2D eigenvalue weighted by molar-refractivity contribution is 6.31. The zero-order valence-corrected chi connectivity index (χ0v) is 12.2. The van der Waals surface area contributed by atoms with Gasteiger partial charge in [-0.25, -0.2) is 4.39 Å². The molecule has 0 aliphatic carbocycles. The molecule has 3 rings (SSSR count). The molecule has 0 fully saturated rings. The standard InChI is InChI=1S/C15H15ClFN3/c1-3-12-15(16)14(19(2)18-12)9-20-8-7-10-11(17)5-4-6-13(10)20/h4-8H,3,9H2,1-2H3. The summed E-state index contributed by atoms with van der Waals surface area (Å²) in [5, 5.41) is 5.73. The van der Waals surface area contributed by atoms with Gasteiger partial charge in [0.15, 0.2) is 0 Å². The smallest absolute Gasteiger partial charge is 0.132 e. The van der Waals surface area contributed by atoms with E-state index in [2.05, 4.69) is 5.10 Å². The minimum Gasteiger partial charge on any atom is -0.341 e. The van der Waals surface area contributed by atoms with E-state index in [1.54, 1.807) is 16.8 Å². The molecule has 2 heterocycles. The number of rotatable bonds is 3. The quantitative estimate of drug-likeness (QED) is 0.720. The molecule has 0 aliphatic rings. The molecule has 0 spiro atoms. The number of nitrogens with zero attached hydrogens (tertiary/aromatic N) is 3. The van der Waals surface area contributed by atoms with Gasteiger partial charge in [-0.15, -0.1) is 0 Å². The number of hydrogen-bond acceptors (Lipinski definition) is 1.